The highest BCUT2D eigenvalue weighted by molar-refractivity contribution is 5.95. The summed E-state index contributed by atoms with van der Waals surface area (Å²) >= 11 is 0. The van der Waals surface area contributed by atoms with E-state index in [4.69, 9.17) is 4.74 Å². The Labute approximate surface area is 161 Å². The largest absolute Gasteiger partial charge is 0.497 e. The SMILES string of the molecule is COc1cccc(NC(=O)CN(C)C(=O)Cc2n[nH]c(=O)c3ccccc23)c1. The first-order valence-electron chi connectivity index (χ1n) is 8.62. The molecule has 0 spiro atoms. The van der Waals surface area contributed by atoms with Crippen molar-refractivity contribution in [3.8, 4) is 5.75 Å². The van der Waals surface area contributed by atoms with Crippen LogP contribution in [0.3, 0.4) is 0 Å². The standard InChI is InChI=1S/C20H20N4O4/c1-24(12-18(25)21-13-6-5-7-14(10-13)28-2)19(26)11-17-15-8-3-4-9-16(15)20(27)23-22-17/h3-10H,11-12H2,1-2H3,(H,21,25)(H,23,27). The Bertz CT molecular complexity index is 1080. The van der Waals surface area contributed by atoms with Crippen molar-refractivity contribution < 1.29 is 14.3 Å². The molecule has 0 fully saturated rings. The summed E-state index contributed by atoms with van der Waals surface area (Å²) in [5.41, 5.74) is 0.733. The number of hydrogen-bond donors (Lipinski definition) is 2. The first-order valence-corrected chi connectivity index (χ1v) is 8.62. The van der Waals surface area contributed by atoms with Gasteiger partial charge in [0, 0.05) is 24.2 Å². The van der Waals surface area contributed by atoms with Gasteiger partial charge in [-0.15, -0.1) is 0 Å². The molecular weight excluding hydrogens is 360 g/mol. The second kappa shape index (κ2) is 8.34. The zero-order valence-corrected chi connectivity index (χ0v) is 15.6. The maximum absolute atomic E-state index is 12.5. The van der Waals surface area contributed by atoms with E-state index in [0.29, 0.717) is 27.9 Å². The average Bonchev–Trinajstić information content (AvgIpc) is 2.70. The first-order chi connectivity index (χ1) is 13.5. The average molecular weight is 380 g/mol. The van der Waals surface area contributed by atoms with E-state index in [1.807, 2.05) is 0 Å². The van der Waals surface area contributed by atoms with Crippen LogP contribution in [-0.4, -0.2) is 47.6 Å². The highest BCUT2D eigenvalue weighted by Gasteiger charge is 2.16. The zero-order chi connectivity index (χ0) is 20.1. The van der Waals surface area contributed by atoms with Gasteiger partial charge in [-0.05, 0) is 18.2 Å². The third kappa shape index (κ3) is 4.35. The number of anilines is 1. The lowest BCUT2D eigenvalue weighted by atomic mass is 10.1. The molecule has 0 aliphatic rings. The van der Waals surface area contributed by atoms with Crippen LogP contribution in [0.4, 0.5) is 5.69 Å². The molecule has 2 aromatic carbocycles. The van der Waals surface area contributed by atoms with Gasteiger partial charge in [0.2, 0.25) is 11.8 Å². The van der Waals surface area contributed by atoms with Crippen LogP contribution >= 0.6 is 0 Å². The van der Waals surface area contributed by atoms with E-state index in [9.17, 15) is 14.4 Å². The molecule has 3 aromatic rings. The number of likely N-dealkylation sites (N-methyl/N-ethyl adjacent to an activating group) is 1. The molecule has 8 nitrogen and oxygen atoms in total. The third-order valence-electron chi connectivity index (χ3n) is 4.25. The van der Waals surface area contributed by atoms with E-state index in [1.165, 1.54) is 4.90 Å². The van der Waals surface area contributed by atoms with Crippen molar-refractivity contribution in [2.24, 2.45) is 0 Å². The molecule has 0 bridgehead atoms. The van der Waals surface area contributed by atoms with Gasteiger partial charge in [0.05, 0.1) is 31.2 Å². The molecule has 0 aliphatic carbocycles. The maximum atomic E-state index is 12.5. The van der Waals surface area contributed by atoms with Gasteiger partial charge in [0.15, 0.2) is 0 Å². The van der Waals surface area contributed by atoms with E-state index in [0.717, 1.165) is 0 Å². The molecule has 0 aliphatic heterocycles. The van der Waals surface area contributed by atoms with Crippen molar-refractivity contribution in [1.82, 2.24) is 15.1 Å². The van der Waals surface area contributed by atoms with Crippen LogP contribution in [0.15, 0.2) is 53.3 Å². The van der Waals surface area contributed by atoms with Crippen molar-refractivity contribution in [3.63, 3.8) is 0 Å². The quantitative estimate of drug-likeness (QED) is 0.675. The topological polar surface area (TPSA) is 104 Å². The Balaban J connectivity index is 1.65. The minimum Gasteiger partial charge on any atom is -0.497 e. The molecule has 0 saturated heterocycles. The van der Waals surface area contributed by atoms with Crippen molar-refractivity contribution in [3.05, 3.63) is 64.6 Å². The van der Waals surface area contributed by atoms with Crippen LogP contribution in [0.2, 0.25) is 0 Å². The number of nitrogens with one attached hydrogen (secondary N) is 2. The Morgan fingerprint density at radius 2 is 1.89 bits per heavy atom. The highest BCUT2D eigenvalue weighted by Crippen LogP contribution is 2.17. The van der Waals surface area contributed by atoms with Gasteiger partial charge in [0.25, 0.3) is 5.56 Å². The summed E-state index contributed by atoms with van der Waals surface area (Å²) in [5, 5.41) is 10.2. The van der Waals surface area contributed by atoms with E-state index >= 15 is 0 Å². The second-order valence-electron chi connectivity index (χ2n) is 6.25. The van der Waals surface area contributed by atoms with Crippen molar-refractivity contribution >= 4 is 28.3 Å². The molecule has 0 unspecified atom stereocenters. The van der Waals surface area contributed by atoms with Crippen LogP contribution in [-0.2, 0) is 16.0 Å². The fourth-order valence-corrected chi connectivity index (χ4v) is 2.79. The molecular formula is C20H20N4O4. The summed E-state index contributed by atoms with van der Waals surface area (Å²) in [4.78, 5) is 37.9. The lowest BCUT2D eigenvalue weighted by Gasteiger charge is -2.17. The Hall–Kier alpha value is -3.68. The van der Waals surface area contributed by atoms with Crippen LogP contribution in [0, 0.1) is 0 Å². The number of hydrogen-bond acceptors (Lipinski definition) is 5. The van der Waals surface area contributed by atoms with Gasteiger partial charge in [-0.1, -0.05) is 24.3 Å². The maximum Gasteiger partial charge on any atom is 0.272 e. The number of aromatic nitrogens is 2. The van der Waals surface area contributed by atoms with Gasteiger partial charge in [-0.25, -0.2) is 5.10 Å². The molecule has 3 rings (SSSR count). The number of benzene rings is 2. The molecule has 8 heteroatoms. The molecule has 2 amide bonds. The van der Waals surface area contributed by atoms with Crippen LogP contribution < -0.4 is 15.6 Å². The molecule has 144 valence electrons. The summed E-state index contributed by atoms with van der Waals surface area (Å²) in [6.07, 6.45) is -0.0275. The molecule has 0 atom stereocenters. The number of ether oxygens (including phenoxy) is 1. The van der Waals surface area contributed by atoms with Gasteiger partial charge >= 0.3 is 0 Å². The number of amides is 2. The van der Waals surface area contributed by atoms with Crippen molar-refractivity contribution in [1.29, 1.82) is 0 Å². The minimum absolute atomic E-state index is 0.0275. The first kappa shape index (κ1) is 19.1. The summed E-state index contributed by atoms with van der Waals surface area (Å²) in [6, 6.07) is 13.9. The Kier molecular flexibility index (Phi) is 5.69. The Morgan fingerprint density at radius 1 is 1.14 bits per heavy atom. The van der Waals surface area contributed by atoms with Gasteiger partial charge in [0.1, 0.15) is 5.75 Å². The number of carbonyl (C=O) groups excluding carboxylic acids is 2. The van der Waals surface area contributed by atoms with E-state index in [2.05, 4.69) is 15.5 Å². The van der Waals surface area contributed by atoms with E-state index in [1.54, 1.807) is 62.7 Å². The molecule has 28 heavy (non-hydrogen) atoms. The molecule has 0 radical (unpaired) electrons. The smallest absolute Gasteiger partial charge is 0.272 e. The van der Waals surface area contributed by atoms with Crippen LogP contribution in [0.25, 0.3) is 10.8 Å². The number of H-pyrrole nitrogens is 1. The summed E-state index contributed by atoms with van der Waals surface area (Å²) in [5.74, 6) is 0.00661. The van der Waals surface area contributed by atoms with Crippen LogP contribution in [0.5, 0.6) is 5.75 Å². The highest BCUT2D eigenvalue weighted by atomic mass is 16.5. The Morgan fingerprint density at radius 3 is 2.64 bits per heavy atom. The lowest BCUT2D eigenvalue weighted by Crippen LogP contribution is -2.36. The summed E-state index contributed by atoms with van der Waals surface area (Å²) < 4.78 is 5.12. The predicted octanol–water partition coefficient (Wildman–Crippen LogP) is 1.57. The second-order valence-corrected chi connectivity index (χ2v) is 6.25. The number of fused-ring (bicyclic) bond motifs is 1. The molecule has 0 saturated carbocycles. The molecule has 1 heterocycles. The van der Waals surface area contributed by atoms with Crippen LogP contribution in [0.1, 0.15) is 5.69 Å². The number of nitrogens with zero attached hydrogens (tertiary/aromatic N) is 2. The van der Waals surface area contributed by atoms with Gasteiger partial charge < -0.3 is 15.0 Å². The normalized spacial score (nSPS) is 10.5. The predicted molar refractivity (Wildman–Crippen MR) is 105 cm³/mol. The third-order valence-corrected chi connectivity index (χ3v) is 4.25. The van der Waals surface area contributed by atoms with Crippen molar-refractivity contribution in [2.75, 3.05) is 26.0 Å². The minimum atomic E-state index is -0.330. The monoisotopic (exact) mass is 380 g/mol. The summed E-state index contributed by atoms with van der Waals surface area (Å²) in [7, 11) is 3.09. The van der Waals surface area contributed by atoms with Gasteiger partial charge in [-0.2, -0.15) is 5.10 Å². The fraction of sp³-hybridized carbons (Fsp3) is 0.200. The molecule has 1 aromatic heterocycles. The van der Waals surface area contributed by atoms with Gasteiger partial charge in [-0.3, -0.25) is 14.4 Å². The number of rotatable bonds is 6. The summed E-state index contributed by atoms with van der Waals surface area (Å²) in [6.45, 7) is -0.114. The number of methoxy groups -OCH3 is 1. The number of carbonyl (C=O) groups is 2. The number of aromatic amines is 1. The van der Waals surface area contributed by atoms with E-state index < -0.39 is 0 Å². The van der Waals surface area contributed by atoms with E-state index in [-0.39, 0.29) is 30.3 Å². The molecule has 2 N–H and O–H groups in total. The van der Waals surface area contributed by atoms with Crippen molar-refractivity contribution in [2.45, 2.75) is 6.42 Å². The fourth-order valence-electron chi connectivity index (χ4n) is 2.79. The zero-order valence-electron chi connectivity index (χ0n) is 15.6. The lowest BCUT2D eigenvalue weighted by molar-refractivity contribution is -0.132.